The molecule has 1 aromatic rings. The second-order valence-electron chi connectivity index (χ2n) is 3.90. The Morgan fingerprint density at radius 1 is 1.50 bits per heavy atom. The third-order valence-electron chi connectivity index (χ3n) is 2.31. The summed E-state index contributed by atoms with van der Waals surface area (Å²) < 4.78 is 0. The molecule has 0 unspecified atom stereocenters. The molecule has 0 aliphatic rings. The van der Waals surface area contributed by atoms with Crippen LogP contribution < -0.4 is 5.73 Å². The van der Waals surface area contributed by atoms with Gasteiger partial charge in [-0.1, -0.05) is 25.2 Å². The Morgan fingerprint density at radius 2 is 2.31 bits per heavy atom. The van der Waals surface area contributed by atoms with Crippen LogP contribution in [0, 0.1) is 11.8 Å². The van der Waals surface area contributed by atoms with E-state index in [4.69, 9.17) is 5.73 Å². The summed E-state index contributed by atoms with van der Waals surface area (Å²) in [6, 6.07) is 2.16. The lowest BCUT2D eigenvalue weighted by atomic mass is 10.3. The minimum atomic E-state index is 0.432. The quantitative estimate of drug-likeness (QED) is 0.795. The van der Waals surface area contributed by atoms with Crippen molar-refractivity contribution in [1.82, 2.24) is 4.90 Å². The maximum absolute atomic E-state index is 5.34. The van der Waals surface area contributed by atoms with E-state index in [2.05, 4.69) is 42.2 Å². The summed E-state index contributed by atoms with van der Waals surface area (Å²) in [5.74, 6) is 5.93. The van der Waals surface area contributed by atoms with Gasteiger partial charge in [-0.3, -0.25) is 0 Å². The Bertz CT molecular complexity index is 359. The van der Waals surface area contributed by atoms with Crippen molar-refractivity contribution in [2.45, 2.75) is 26.3 Å². The minimum absolute atomic E-state index is 0.432. The second kappa shape index (κ2) is 7.45. The molecule has 16 heavy (non-hydrogen) atoms. The average Bonchev–Trinajstić information content (AvgIpc) is 2.71. The molecule has 1 aromatic heterocycles. The molecule has 0 aliphatic carbocycles. The maximum atomic E-state index is 5.34. The molecule has 1 rings (SSSR count). The van der Waals surface area contributed by atoms with Crippen molar-refractivity contribution < 1.29 is 0 Å². The Labute approximate surface area is 102 Å². The molecule has 88 valence electrons. The predicted molar refractivity (Wildman–Crippen MR) is 71.5 cm³/mol. The minimum Gasteiger partial charge on any atom is -0.320 e. The summed E-state index contributed by atoms with van der Waals surface area (Å²) in [6.07, 6.45) is 2.52. The SMILES string of the molecule is CCCCN(C)Cc1cc(C#CCN)cs1. The highest BCUT2D eigenvalue weighted by atomic mass is 32.1. The third-order valence-corrected chi connectivity index (χ3v) is 3.23. The van der Waals surface area contributed by atoms with Crippen LogP contribution >= 0.6 is 11.3 Å². The summed E-state index contributed by atoms with van der Waals surface area (Å²) in [4.78, 5) is 3.73. The first kappa shape index (κ1) is 13.2. The highest BCUT2D eigenvalue weighted by Crippen LogP contribution is 2.15. The monoisotopic (exact) mass is 236 g/mol. The van der Waals surface area contributed by atoms with E-state index in [1.54, 1.807) is 11.3 Å². The third kappa shape index (κ3) is 4.80. The van der Waals surface area contributed by atoms with Crippen molar-refractivity contribution in [3.05, 3.63) is 21.9 Å². The van der Waals surface area contributed by atoms with Crippen LogP contribution in [0.2, 0.25) is 0 Å². The number of unbranched alkanes of at least 4 members (excludes halogenated alkanes) is 1. The van der Waals surface area contributed by atoms with Gasteiger partial charge in [0.05, 0.1) is 6.54 Å². The Kier molecular flexibility index (Phi) is 6.17. The van der Waals surface area contributed by atoms with Gasteiger partial charge in [-0.05, 0) is 26.1 Å². The van der Waals surface area contributed by atoms with Crippen molar-refractivity contribution in [1.29, 1.82) is 0 Å². The van der Waals surface area contributed by atoms with Crippen LogP contribution in [-0.2, 0) is 6.54 Å². The first-order valence-electron chi connectivity index (χ1n) is 5.71. The Morgan fingerprint density at radius 3 is 3.00 bits per heavy atom. The van der Waals surface area contributed by atoms with E-state index >= 15 is 0 Å². The average molecular weight is 236 g/mol. The number of rotatable bonds is 5. The summed E-state index contributed by atoms with van der Waals surface area (Å²) in [5.41, 5.74) is 6.43. The molecule has 0 aliphatic heterocycles. The van der Waals surface area contributed by atoms with Crippen LogP contribution in [-0.4, -0.2) is 25.0 Å². The maximum Gasteiger partial charge on any atom is 0.0555 e. The Balaban J connectivity index is 2.45. The van der Waals surface area contributed by atoms with Crippen LogP contribution in [0.4, 0.5) is 0 Å². The van der Waals surface area contributed by atoms with Gasteiger partial charge in [-0.2, -0.15) is 0 Å². The fraction of sp³-hybridized carbons (Fsp3) is 0.538. The summed E-state index contributed by atoms with van der Waals surface area (Å²) in [6.45, 7) is 4.84. The van der Waals surface area contributed by atoms with Crippen LogP contribution in [0.3, 0.4) is 0 Å². The second-order valence-corrected chi connectivity index (χ2v) is 4.89. The molecule has 2 N–H and O–H groups in total. The van der Waals surface area contributed by atoms with Crippen LogP contribution in [0.5, 0.6) is 0 Å². The molecule has 0 bridgehead atoms. The molecular weight excluding hydrogens is 216 g/mol. The van der Waals surface area contributed by atoms with Crippen LogP contribution in [0.15, 0.2) is 11.4 Å². The van der Waals surface area contributed by atoms with Gasteiger partial charge in [0.1, 0.15) is 0 Å². The molecule has 3 heteroatoms. The molecule has 0 amide bonds. The Hall–Kier alpha value is -0.820. The van der Waals surface area contributed by atoms with E-state index in [0.717, 1.165) is 18.7 Å². The number of nitrogens with zero attached hydrogens (tertiary/aromatic N) is 1. The highest BCUT2D eigenvalue weighted by molar-refractivity contribution is 7.10. The highest BCUT2D eigenvalue weighted by Gasteiger charge is 2.02. The van der Waals surface area contributed by atoms with Gasteiger partial charge < -0.3 is 10.6 Å². The van der Waals surface area contributed by atoms with Crippen LogP contribution in [0.1, 0.15) is 30.2 Å². The molecule has 0 saturated heterocycles. The zero-order chi connectivity index (χ0) is 11.8. The van der Waals surface area contributed by atoms with Gasteiger partial charge in [-0.25, -0.2) is 0 Å². The number of nitrogens with two attached hydrogens (primary N) is 1. The summed E-state index contributed by atoms with van der Waals surface area (Å²) in [5, 5.41) is 2.10. The fourth-order valence-corrected chi connectivity index (χ4v) is 2.35. The summed E-state index contributed by atoms with van der Waals surface area (Å²) in [7, 11) is 2.17. The zero-order valence-corrected chi connectivity index (χ0v) is 10.9. The normalized spacial score (nSPS) is 10.2. The zero-order valence-electron chi connectivity index (χ0n) is 10.1. The van der Waals surface area contributed by atoms with Gasteiger partial charge in [0.2, 0.25) is 0 Å². The van der Waals surface area contributed by atoms with Gasteiger partial charge in [0, 0.05) is 22.4 Å². The van der Waals surface area contributed by atoms with Gasteiger partial charge in [0.15, 0.2) is 0 Å². The molecular formula is C13H20N2S. The number of hydrogen-bond acceptors (Lipinski definition) is 3. The van der Waals surface area contributed by atoms with Crippen molar-refractivity contribution in [2.24, 2.45) is 5.73 Å². The lowest BCUT2D eigenvalue weighted by Crippen LogP contribution is -2.18. The summed E-state index contributed by atoms with van der Waals surface area (Å²) >= 11 is 1.78. The molecule has 0 spiro atoms. The van der Waals surface area contributed by atoms with E-state index in [9.17, 15) is 0 Å². The number of hydrogen-bond donors (Lipinski definition) is 1. The van der Waals surface area contributed by atoms with Gasteiger partial charge >= 0.3 is 0 Å². The van der Waals surface area contributed by atoms with E-state index < -0.39 is 0 Å². The smallest absolute Gasteiger partial charge is 0.0555 e. The van der Waals surface area contributed by atoms with Gasteiger partial charge in [-0.15, -0.1) is 11.3 Å². The first-order valence-corrected chi connectivity index (χ1v) is 6.59. The van der Waals surface area contributed by atoms with Gasteiger partial charge in [0.25, 0.3) is 0 Å². The molecule has 0 fully saturated rings. The van der Waals surface area contributed by atoms with E-state index in [1.165, 1.54) is 17.7 Å². The van der Waals surface area contributed by atoms with E-state index in [1.807, 2.05) is 0 Å². The first-order chi connectivity index (χ1) is 7.76. The molecule has 1 heterocycles. The predicted octanol–water partition coefficient (Wildman–Crippen LogP) is 2.29. The molecule has 0 saturated carbocycles. The van der Waals surface area contributed by atoms with Crippen molar-refractivity contribution >= 4 is 11.3 Å². The molecule has 0 atom stereocenters. The van der Waals surface area contributed by atoms with E-state index in [0.29, 0.717) is 6.54 Å². The lowest BCUT2D eigenvalue weighted by Gasteiger charge is -2.14. The molecule has 2 nitrogen and oxygen atoms in total. The standard InChI is InChI=1S/C13H20N2S/c1-3-4-8-15(2)10-13-9-12(11-16-13)6-5-7-14/h9,11H,3-4,7-8,10,14H2,1-2H3. The number of thiophene rings is 1. The van der Waals surface area contributed by atoms with Crippen molar-refractivity contribution in [2.75, 3.05) is 20.1 Å². The largest absolute Gasteiger partial charge is 0.320 e. The van der Waals surface area contributed by atoms with Crippen LogP contribution in [0.25, 0.3) is 0 Å². The lowest BCUT2D eigenvalue weighted by molar-refractivity contribution is 0.323. The topological polar surface area (TPSA) is 29.3 Å². The van der Waals surface area contributed by atoms with Crippen molar-refractivity contribution in [3.63, 3.8) is 0 Å². The van der Waals surface area contributed by atoms with E-state index in [-0.39, 0.29) is 0 Å². The molecule has 0 radical (unpaired) electrons. The van der Waals surface area contributed by atoms with Crippen molar-refractivity contribution in [3.8, 4) is 11.8 Å². The molecule has 0 aromatic carbocycles. The fourth-order valence-electron chi connectivity index (χ4n) is 1.46.